The molecule has 0 aliphatic carbocycles. The normalized spacial score (nSPS) is 13.2. The van der Waals surface area contributed by atoms with Gasteiger partial charge in [0.25, 0.3) is 0 Å². The number of amides is 1. The smallest absolute Gasteiger partial charge is 0.408 e. The lowest BCUT2D eigenvalue weighted by Crippen LogP contribution is -2.36. The number of hydrogen-bond acceptors (Lipinski definition) is 4. The van der Waals surface area contributed by atoms with Crippen molar-refractivity contribution in [3.05, 3.63) is 12.2 Å². The highest BCUT2D eigenvalue weighted by Crippen LogP contribution is 2.06. The van der Waals surface area contributed by atoms with Gasteiger partial charge in [0.05, 0.1) is 0 Å². The Balaban J connectivity index is 3.88. The number of nitrogens with one attached hydrogen (secondary N) is 1. The lowest BCUT2D eigenvalue weighted by atomic mass is 10.2. The number of carbonyl (C=O) groups excluding carboxylic acids is 1. The number of rotatable bonds is 4. The van der Waals surface area contributed by atoms with Crippen molar-refractivity contribution < 1.29 is 9.53 Å². The molecule has 0 spiro atoms. The summed E-state index contributed by atoms with van der Waals surface area (Å²) in [5, 5.41) is 12.9. The summed E-state index contributed by atoms with van der Waals surface area (Å²) in [5.74, 6) is 0.622. The molecule has 0 aromatic rings. The first-order chi connectivity index (χ1) is 7.35. The van der Waals surface area contributed by atoms with Crippen molar-refractivity contribution >= 4 is 17.9 Å². The van der Waals surface area contributed by atoms with Gasteiger partial charge in [0.1, 0.15) is 11.0 Å². The maximum atomic E-state index is 11.3. The summed E-state index contributed by atoms with van der Waals surface area (Å²) in [6.45, 7) is 7.29. The number of carbonyl (C=O) groups is 1. The summed E-state index contributed by atoms with van der Waals surface area (Å²) < 4.78 is 5.09. The predicted molar refractivity (Wildman–Crippen MR) is 66.0 cm³/mol. The second kappa shape index (κ2) is 7.18. The van der Waals surface area contributed by atoms with Crippen LogP contribution in [0.15, 0.2) is 12.2 Å². The summed E-state index contributed by atoms with van der Waals surface area (Å²) in [6.07, 6.45) is 3.24. The summed E-state index contributed by atoms with van der Waals surface area (Å²) in [5.41, 5.74) is -0.482. The fourth-order valence-corrected chi connectivity index (χ4v) is 1.17. The monoisotopic (exact) mass is 242 g/mol. The molecule has 0 aromatic heterocycles. The van der Waals surface area contributed by atoms with E-state index in [1.54, 1.807) is 0 Å². The SMILES string of the molecule is C[C@@H](/C=C/CSC#N)NC(=O)OC(C)(C)C. The Labute approximate surface area is 101 Å². The van der Waals surface area contributed by atoms with Crippen LogP contribution in [0.5, 0.6) is 0 Å². The van der Waals surface area contributed by atoms with E-state index in [2.05, 4.69) is 5.32 Å². The molecule has 5 heteroatoms. The first-order valence-corrected chi connectivity index (χ1v) is 6.01. The van der Waals surface area contributed by atoms with Crippen LogP contribution in [0.1, 0.15) is 27.7 Å². The van der Waals surface area contributed by atoms with Crippen molar-refractivity contribution in [3.63, 3.8) is 0 Å². The Morgan fingerprint density at radius 1 is 1.62 bits per heavy atom. The number of nitrogens with zero attached hydrogens (tertiary/aromatic N) is 1. The molecule has 4 nitrogen and oxygen atoms in total. The number of ether oxygens (including phenoxy) is 1. The van der Waals surface area contributed by atoms with E-state index < -0.39 is 11.7 Å². The lowest BCUT2D eigenvalue weighted by molar-refractivity contribution is 0.0518. The number of hydrogen-bond donors (Lipinski definition) is 1. The first kappa shape index (κ1) is 14.8. The van der Waals surface area contributed by atoms with E-state index in [-0.39, 0.29) is 6.04 Å². The molecule has 0 bridgehead atoms. The maximum absolute atomic E-state index is 11.3. The third-order valence-corrected chi connectivity index (χ3v) is 1.90. The molecule has 0 fully saturated rings. The topological polar surface area (TPSA) is 62.1 Å². The van der Waals surface area contributed by atoms with Crippen molar-refractivity contribution in [1.82, 2.24) is 5.32 Å². The van der Waals surface area contributed by atoms with Crippen LogP contribution in [0, 0.1) is 10.7 Å². The minimum absolute atomic E-state index is 0.103. The average molecular weight is 242 g/mol. The van der Waals surface area contributed by atoms with E-state index in [0.29, 0.717) is 5.75 Å². The third kappa shape index (κ3) is 9.41. The summed E-state index contributed by atoms with van der Waals surface area (Å²) >= 11 is 1.15. The van der Waals surface area contributed by atoms with Crippen molar-refractivity contribution in [2.75, 3.05) is 5.75 Å². The number of thioether (sulfide) groups is 1. The molecular weight excluding hydrogens is 224 g/mol. The van der Waals surface area contributed by atoms with Gasteiger partial charge in [0, 0.05) is 11.8 Å². The van der Waals surface area contributed by atoms with Crippen molar-refractivity contribution in [3.8, 4) is 5.40 Å². The quantitative estimate of drug-likeness (QED) is 0.467. The van der Waals surface area contributed by atoms with Gasteiger partial charge in [0.15, 0.2) is 0 Å². The fourth-order valence-electron chi connectivity index (χ4n) is 0.887. The molecule has 0 aromatic carbocycles. The van der Waals surface area contributed by atoms with Gasteiger partial charge >= 0.3 is 6.09 Å². The molecule has 0 heterocycles. The summed E-state index contributed by atoms with van der Waals surface area (Å²) in [7, 11) is 0. The molecule has 1 atom stereocenters. The van der Waals surface area contributed by atoms with E-state index in [9.17, 15) is 4.79 Å². The van der Waals surface area contributed by atoms with Crippen molar-refractivity contribution in [2.45, 2.75) is 39.3 Å². The summed E-state index contributed by atoms with van der Waals surface area (Å²) in [6, 6.07) is -0.103. The van der Waals surface area contributed by atoms with Gasteiger partial charge < -0.3 is 10.1 Å². The van der Waals surface area contributed by atoms with Crippen molar-refractivity contribution in [1.29, 1.82) is 5.26 Å². The van der Waals surface area contributed by atoms with E-state index in [1.807, 2.05) is 45.2 Å². The molecule has 0 radical (unpaired) electrons. The van der Waals surface area contributed by atoms with Gasteiger partial charge in [-0.05, 0) is 39.5 Å². The second-order valence-corrected chi connectivity index (χ2v) is 5.07. The Hall–Kier alpha value is -1.15. The molecule has 0 saturated heterocycles. The molecule has 16 heavy (non-hydrogen) atoms. The number of alkyl carbamates (subject to hydrolysis) is 1. The summed E-state index contributed by atoms with van der Waals surface area (Å²) in [4.78, 5) is 11.3. The molecular formula is C11H18N2O2S. The zero-order valence-electron chi connectivity index (χ0n) is 10.1. The minimum Gasteiger partial charge on any atom is -0.444 e. The van der Waals surface area contributed by atoms with Crippen LogP contribution in [-0.2, 0) is 4.74 Å². The van der Waals surface area contributed by atoms with Crippen LogP contribution < -0.4 is 5.32 Å². The minimum atomic E-state index is -0.482. The molecule has 0 aliphatic heterocycles. The molecule has 90 valence electrons. The Morgan fingerprint density at radius 2 is 2.25 bits per heavy atom. The Morgan fingerprint density at radius 3 is 2.75 bits per heavy atom. The van der Waals surface area contributed by atoms with Gasteiger partial charge in [-0.15, -0.1) is 0 Å². The van der Waals surface area contributed by atoms with Crippen LogP contribution >= 0.6 is 11.8 Å². The zero-order valence-corrected chi connectivity index (χ0v) is 10.9. The van der Waals surface area contributed by atoms with E-state index in [0.717, 1.165) is 11.8 Å². The highest BCUT2D eigenvalue weighted by Gasteiger charge is 2.16. The molecule has 1 amide bonds. The molecule has 0 aliphatic rings. The molecule has 0 rings (SSSR count). The highest BCUT2D eigenvalue weighted by atomic mass is 32.2. The predicted octanol–water partition coefficient (Wildman–Crippen LogP) is 2.67. The van der Waals surface area contributed by atoms with E-state index in [4.69, 9.17) is 10.00 Å². The van der Waals surface area contributed by atoms with Gasteiger partial charge in [-0.2, -0.15) is 5.26 Å². The highest BCUT2D eigenvalue weighted by molar-refractivity contribution is 8.03. The van der Waals surface area contributed by atoms with Gasteiger partial charge in [-0.25, -0.2) is 4.79 Å². The molecule has 0 saturated carbocycles. The maximum Gasteiger partial charge on any atom is 0.408 e. The van der Waals surface area contributed by atoms with Crippen LogP contribution in [0.25, 0.3) is 0 Å². The van der Waals surface area contributed by atoms with Crippen LogP contribution in [-0.4, -0.2) is 23.5 Å². The van der Waals surface area contributed by atoms with Crippen LogP contribution in [0.3, 0.4) is 0 Å². The average Bonchev–Trinajstić information content (AvgIpc) is 2.09. The zero-order chi connectivity index (χ0) is 12.6. The standard InChI is InChI=1S/C11H18N2O2S/c1-9(6-5-7-16-8-12)13-10(14)15-11(2,3)4/h5-6,9H,7H2,1-4H3,(H,13,14)/b6-5+/t9-/m0/s1. The van der Waals surface area contributed by atoms with E-state index >= 15 is 0 Å². The largest absolute Gasteiger partial charge is 0.444 e. The van der Waals surface area contributed by atoms with Gasteiger partial charge in [-0.1, -0.05) is 12.2 Å². The Kier molecular flexibility index (Phi) is 6.66. The number of nitriles is 1. The molecule has 1 N–H and O–H groups in total. The van der Waals surface area contributed by atoms with Crippen LogP contribution in [0.2, 0.25) is 0 Å². The van der Waals surface area contributed by atoms with Crippen LogP contribution in [0.4, 0.5) is 4.79 Å². The number of thiocyanates is 1. The van der Waals surface area contributed by atoms with Gasteiger partial charge in [-0.3, -0.25) is 0 Å². The lowest BCUT2D eigenvalue weighted by Gasteiger charge is -2.20. The van der Waals surface area contributed by atoms with Gasteiger partial charge in [0.2, 0.25) is 0 Å². The first-order valence-electron chi connectivity index (χ1n) is 5.02. The third-order valence-electron chi connectivity index (χ3n) is 1.41. The van der Waals surface area contributed by atoms with Crippen molar-refractivity contribution in [2.24, 2.45) is 0 Å². The molecule has 0 unspecified atom stereocenters. The second-order valence-electron chi connectivity index (χ2n) is 4.27. The Bertz CT molecular complexity index is 289. The fraction of sp³-hybridized carbons (Fsp3) is 0.636. The van der Waals surface area contributed by atoms with E-state index in [1.165, 1.54) is 0 Å².